The lowest BCUT2D eigenvalue weighted by Gasteiger charge is -2.35. The Balaban J connectivity index is 1.83. The average Bonchev–Trinajstić information content (AvgIpc) is 2.60. The molecular formula is C16H21ClF3N3O3. The summed E-state index contributed by atoms with van der Waals surface area (Å²) < 4.78 is 48.4. The van der Waals surface area contributed by atoms with Gasteiger partial charge in [0.05, 0.1) is 23.8 Å². The van der Waals surface area contributed by atoms with Crippen LogP contribution in [0.4, 0.5) is 19.0 Å². The predicted octanol–water partition coefficient (Wildman–Crippen LogP) is 2.46. The molecule has 1 saturated heterocycles. The maximum Gasteiger partial charge on any atom is 0.417 e. The molecule has 0 bridgehead atoms. The summed E-state index contributed by atoms with van der Waals surface area (Å²) in [5.41, 5.74) is -0.885. The molecule has 0 radical (unpaired) electrons. The van der Waals surface area contributed by atoms with Crippen molar-refractivity contribution in [3.63, 3.8) is 0 Å². The Labute approximate surface area is 154 Å². The third kappa shape index (κ3) is 5.72. The van der Waals surface area contributed by atoms with E-state index in [9.17, 15) is 18.0 Å². The van der Waals surface area contributed by atoms with Crippen molar-refractivity contribution in [3.05, 3.63) is 22.8 Å². The molecule has 6 nitrogen and oxygen atoms in total. The fourth-order valence-corrected chi connectivity index (χ4v) is 2.78. The van der Waals surface area contributed by atoms with Crippen molar-refractivity contribution >= 4 is 23.3 Å². The van der Waals surface area contributed by atoms with Crippen molar-refractivity contribution in [2.24, 2.45) is 0 Å². The van der Waals surface area contributed by atoms with E-state index in [-0.39, 0.29) is 17.5 Å². The largest absolute Gasteiger partial charge is 0.417 e. The van der Waals surface area contributed by atoms with Gasteiger partial charge in [0.25, 0.3) is 0 Å². The van der Waals surface area contributed by atoms with Gasteiger partial charge in [-0.3, -0.25) is 4.79 Å². The normalized spacial score (nSPS) is 15.4. The summed E-state index contributed by atoms with van der Waals surface area (Å²) >= 11 is 5.96. The number of nitrogens with zero attached hydrogens (tertiary/aromatic N) is 3. The lowest BCUT2D eigenvalue weighted by molar-refractivity contribution is -0.138. The zero-order chi connectivity index (χ0) is 19.2. The maximum absolute atomic E-state index is 12.7. The smallest absolute Gasteiger partial charge is 0.379 e. The molecule has 0 spiro atoms. The fourth-order valence-electron chi connectivity index (χ4n) is 2.50. The van der Waals surface area contributed by atoms with E-state index in [4.69, 9.17) is 21.1 Å². The second-order valence-corrected chi connectivity index (χ2v) is 6.05. The van der Waals surface area contributed by atoms with Crippen molar-refractivity contribution in [3.8, 4) is 0 Å². The summed E-state index contributed by atoms with van der Waals surface area (Å²) in [6.07, 6.45) is -3.71. The highest BCUT2D eigenvalue weighted by Crippen LogP contribution is 2.33. The van der Waals surface area contributed by atoms with Crippen LogP contribution in [0.2, 0.25) is 5.02 Å². The van der Waals surface area contributed by atoms with E-state index in [0.29, 0.717) is 51.8 Å². The number of pyridine rings is 1. The van der Waals surface area contributed by atoms with Crippen LogP contribution in [-0.2, 0) is 20.4 Å². The minimum atomic E-state index is -4.48. The van der Waals surface area contributed by atoms with Crippen molar-refractivity contribution in [1.29, 1.82) is 0 Å². The van der Waals surface area contributed by atoms with Crippen molar-refractivity contribution in [1.82, 2.24) is 9.88 Å². The number of halogens is 4. The topological polar surface area (TPSA) is 54.9 Å². The molecule has 146 valence electrons. The number of anilines is 1. The van der Waals surface area contributed by atoms with Crippen LogP contribution < -0.4 is 4.90 Å². The zero-order valence-electron chi connectivity index (χ0n) is 14.4. The standard InChI is InChI=1S/C16H21ClF3N3O3/c1-2-25-7-8-26-11-14(24)22-3-5-23(6-4-22)15-13(17)9-12(10-21-15)16(18,19)20/h9-10H,2-8,11H2,1H3. The van der Waals surface area contributed by atoms with Crippen molar-refractivity contribution < 1.29 is 27.4 Å². The Morgan fingerprint density at radius 3 is 2.46 bits per heavy atom. The first-order valence-electron chi connectivity index (χ1n) is 8.24. The average molecular weight is 396 g/mol. The number of alkyl halides is 3. The predicted molar refractivity (Wildman–Crippen MR) is 90.4 cm³/mol. The van der Waals surface area contributed by atoms with Gasteiger partial charge in [-0.25, -0.2) is 4.98 Å². The van der Waals surface area contributed by atoms with Crippen LogP contribution in [0.3, 0.4) is 0 Å². The number of carbonyl (C=O) groups is 1. The van der Waals surface area contributed by atoms with Gasteiger partial charge in [-0.05, 0) is 13.0 Å². The highest BCUT2D eigenvalue weighted by Gasteiger charge is 2.32. The van der Waals surface area contributed by atoms with Gasteiger partial charge in [0, 0.05) is 39.0 Å². The summed E-state index contributed by atoms with van der Waals surface area (Å²) in [5, 5.41) is -0.0566. The Hall–Kier alpha value is -1.58. The number of aromatic nitrogens is 1. The maximum atomic E-state index is 12.7. The van der Waals surface area contributed by atoms with E-state index in [0.717, 1.165) is 12.3 Å². The minimum Gasteiger partial charge on any atom is -0.379 e. The first kappa shape index (κ1) is 20.7. The number of carbonyl (C=O) groups excluding carboxylic acids is 1. The fraction of sp³-hybridized carbons (Fsp3) is 0.625. The minimum absolute atomic E-state index is 0.0215. The van der Waals surface area contributed by atoms with Gasteiger partial charge in [-0.1, -0.05) is 11.6 Å². The van der Waals surface area contributed by atoms with E-state index < -0.39 is 11.7 Å². The zero-order valence-corrected chi connectivity index (χ0v) is 15.1. The Kier molecular flexibility index (Phi) is 7.48. The summed E-state index contributed by atoms with van der Waals surface area (Å²) in [6.45, 7) is 4.96. The molecule has 2 heterocycles. The van der Waals surface area contributed by atoms with Crippen LogP contribution in [0, 0.1) is 0 Å². The molecule has 0 atom stereocenters. The van der Waals surface area contributed by atoms with Crippen LogP contribution in [0.1, 0.15) is 12.5 Å². The Morgan fingerprint density at radius 1 is 1.23 bits per heavy atom. The second kappa shape index (κ2) is 9.38. The molecule has 0 aliphatic carbocycles. The molecule has 26 heavy (non-hydrogen) atoms. The molecule has 1 fully saturated rings. The number of rotatable bonds is 7. The lowest BCUT2D eigenvalue weighted by atomic mass is 10.2. The summed E-state index contributed by atoms with van der Waals surface area (Å²) in [7, 11) is 0. The molecule has 0 aromatic carbocycles. The SMILES string of the molecule is CCOCCOCC(=O)N1CCN(c2ncc(C(F)(F)F)cc2Cl)CC1. The lowest BCUT2D eigenvalue weighted by Crippen LogP contribution is -2.50. The summed E-state index contributed by atoms with van der Waals surface area (Å²) in [6, 6.07) is 0.869. The molecule has 1 aromatic rings. The van der Waals surface area contributed by atoms with E-state index in [1.54, 1.807) is 9.80 Å². The van der Waals surface area contributed by atoms with E-state index in [1.165, 1.54) is 0 Å². The molecule has 0 N–H and O–H groups in total. The molecule has 0 saturated carbocycles. The van der Waals surface area contributed by atoms with Gasteiger partial charge in [-0.15, -0.1) is 0 Å². The summed E-state index contributed by atoms with van der Waals surface area (Å²) in [5.74, 6) is 0.160. The van der Waals surface area contributed by atoms with Crippen LogP contribution in [0.15, 0.2) is 12.3 Å². The molecule has 0 unspecified atom stereocenters. The third-order valence-corrected chi connectivity index (χ3v) is 4.16. The molecule has 1 amide bonds. The second-order valence-electron chi connectivity index (χ2n) is 5.64. The highest BCUT2D eigenvalue weighted by molar-refractivity contribution is 6.33. The van der Waals surface area contributed by atoms with Gasteiger partial charge in [0.1, 0.15) is 12.4 Å². The first-order valence-corrected chi connectivity index (χ1v) is 8.61. The number of hydrogen-bond acceptors (Lipinski definition) is 5. The van der Waals surface area contributed by atoms with Gasteiger partial charge in [0.2, 0.25) is 5.91 Å². The monoisotopic (exact) mass is 395 g/mol. The number of piperazine rings is 1. The molecule has 2 rings (SSSR count). The van der Waals surface area contributed by atoms with Gasteiger partial charge >= 0.3 is 6.18 Å². The van der Waals surface area contributed by atoms with Gasteiger partial charge in [-0.2, -0.15) is 13.2 Å². The first-order chi connectivity index (χ1) is 12.3. The van der Waals surface area contributed by atoms with Gasteiger partial charge < -0.3 is 19.3 Å². The van der Waals surface area contributed by atoms with Crippen LogP contribution in [-0.4, -0.2) is 68.4 Å². The van der Waals surface area contributed by atoms with Crippen LogP contribution in [0.5, 0.6) is 0 Å². The Morgan fingerprint density at radius 2 is 1.88 bits per heavy atom. The van der Waals surface area contributed by atoms with Crippen molar-refractivity contribution in [2.75, 3.05) is 57.5 Å². The van der Waals surface area contributed by atoms with Crippen LogP contribution in [0.25, 0.3) is 0 Å². The van der Waals surface area contributed by atoms with Gasteiger partial charge in [0.15, 0.2) is 0 Å². The van der Waals surface area contributed by atoms with E-state index >= 15 is 0 Å². The highest BCUT2D eigenvalue weighted by atomic mass is 35.5. The molecule has 10 heteroatoms. The van der Waals surface area contributed by atoms with Crippen LogP contribution >= 0.6 is 11.6 Å². The quantitative estimate of drug-likeness (QED) is 0.664. The van der Waals surface area contributed by atoms with Crippen molar-refractivity contribution in [2.45, 2.75) is 13.1 Å². The summed E-state index contributed by atoms with van der Waals surface area (Å²) in [4.78, 5) is 19.3. The third-order valence-electron chi connectivity index (χ3n) is 3.88. The number of ether oxygens (including phenoxy) is 2. The molecule has 1 aliphatic rings. The molecular weight excluding hydrogens is 375 g/mol. The van der Waals surface area contributed by atoms with E-state index in [1.807, 2.05) is 6.92 Å². The van der Waals surface area contributed by atoms with E-state index in [2.05, 4.69) is 4.98 Å². The number of amides is 1. The number of hydrogen-bond donors (Lipinski definition) is 0. The Bertz CT molecular complexity index is 608. The molecule has 1 aliphatic heterocycles. The molecule has 1 aromatic heterocycles.